The van der Waals surface area contributed by atoms with E-state index in [1.807, 2.05) is 17.8 Å². The Morgan fingerprint density at radius 1 is 1.26 bits per heavy atom. The molecule has 0 aliphatic heterocycles. The minimum Gasteiger partial charge on any atom is -0.352 e. The Hall–Kier alpha value is -2.18. The van der Waals surface area contributed by atoms with Crippen molar-refractivity contribution in [1.82, 2.24) is 30.1 Å². The zero-order chi connectivity index (χ0) is 16.9. The van der Waals surface area contributed by atoms with Gasteiger partial charge in [0.2, 0.25) is 0 Å². The number of rotatable bonds is 8. The van der Waals surface area contributed by atoms with Crippen molar-refractivity contribution in [3.8, 4) is 0 Å². The average molecular weight is 318 g/mol. The highest BCUT2D eigenvalue weighted by Crippen LogP contribution is 2.23. The lowest BCUT2D eigenvalue weighted by Crippen LogP contribution is -2.25. The van der Waals surface area contributed by atoms with E-state index in [9.17, 15) is 4.79 Å². The van der Waals surface area contributed by atoms with Gasteiger partial charge >= 0.3 is 0 Å². The van der Waals surface area contributed by atoms with Gasteiger partial charge in [0.15, 0.2) is 0 Å². The van der Waals surface area contributed by atoms with Gasteiger partial charge in [0.25, 0.3) is 5.91 Å². The van der Waals surface area contributed by atoms with Crippen molar-refractivity contribution in [3.05, 3.63) is 29.8 Å². The Balaban J connectivity index is 1.76. The van der Waals surface area contributed by atoms with Crippen LogP contribution in [0, 0.1) is 0 Å². The first-order valence-electron chi connectivity index (χ1n) is 8.17. The molecule has 2 aromatic heterocycles. The molecule has 0 radical (unpaired) electrons. The molecule has 1 amide bonds. The number of aromatic nitrogens is 5. The van der Waals surface area contributed by atoms with Crippen LogP contribution in [0.2, 0.25) is 0 Å². The maximum Gasteiger partial charge on any atom is 0.254 e. The van der Waals surface area contributed by atoms with Crippen LogP contribution >= 0.6 is 0 Å². The number of amides is 1. The van der Waals surface area contributed by atoms with Gasteiger partial charge in [-0.1, -0.05) is 26.0 Å². The molecular formula is C16H26N6O. The van der Waals surface area contributed by atoms with Crippen LogP contribution in [0.15, 0.2) is 18.6 Å². The number of aryl methyl sites for hydroxylation is 2. The molecule has 0 bridgehead atoms. The summed E-state index contributed by atoms with van der Waals surface area (Å²) < 4.78 is 3.58. The first-order chi connectivity index (χ1) is 11.0. The van der Waals surface area contributed by atoms with Gasteiger partial charge in [-0.2, -0.15) is 5.10 Å². The predicted molar refractivity (Wildman–Crippen MR) is 88.2 cm³/mol. The molecule has 2 aromatic rings. The molecule has 0 saturated heterocycles. The molecule has 0 spiro atoms. The summed E-state index contributed by atoms with van der Waals surface area (Å²) in [7, 11) is 0. The standard InChI is InChI=1S/C16H26N6O/c1-5-16(3,4)14-12-22(20-19-14)9-7-8-17-15(23)13-10-18-21(6-2)11-13/h10-12H,5-9H2,1-4H3,(H,17,23). The zero-order valence-corrected chi connectivity index (χ0v) is 14.4. The normalized spacial score (nSPS) is 11.7. The van der Waals surface area contributed by atoms with E-state index in [2.05, 4.69) is 41.5 Å². The number of carbonyl (C=O) groups excluding carboxylic acids is 1. The summed E-state index contributed by atoms with van der Waals surface area (Å²) in [5.74, 6) is -0.0869. The molecule has 0 saturated carbocycles. The third-order valence-corrected chi connectivity index (χ3v) is 4.18. The second-order valence-corrected chi connectivity index (χ2v) is 6.30. The van der Waals surface area contributed by atoms with Crippen molar-refractivity contribution >= 4 is 5.91 Å². The highest BCUT2D eigenvalue weighted by Gasteiger charge is 2.21. The van der Waals surface area contributed by atoms with E-state index in [-0.39, 0.29) is 11.3 Å². The fourth-order valence-electron chi connectivity index (χ4n) is 2.10. The van der Waals surface area contributed by atoms with Crippen LogP contribution in [0.25, 0.3) is 0 Å². The molecule has 0 fully saturated rings. The van der Waals surface area contributed by atoms with Crippen LogP contribution in [0.3, 0.4) is 0 Å². The van der Waals surface area contributed by atoms with Crippen molar-refractivity contribution in [2.75, 3.05) is 6.54 Å². The summed E-state index contributed by atoms with van der Waals surface area (Å²) in [5, 5.41) is 15.4. The van der Waals surface area contributed by atoms with Gasteiger partial charge in [-0.05, 0) is 19.8 Å². The lowest BCUT2D eigenvalue weighted by molar-refractivity contribution is 0.0952. The molecule has 2 heterocycles. The highest BCUT2D eigenvalue weighted by molar-refractivity contribution is 5.93. The molecular weight excluding hydrogens is 292 g/mol. The van der Waals surface area contributed by atoms with Gasteiger partial charge in [0.05, 0.1) is 17.5 Å². The van der Waals surface area contributed by atoms with E-state index in [0.29, 0.717) is 12.1 Å². The zero-order valence-electron chi connectivity index (χ0n) is 14.4. The Morgan fingerprint density at radius 2 is 2.04 bits per heavy atom. The monoisotopic (exact) mass is 318 g/mol. The van der Waals surface area contributed by atoms with Gasteiger partial charge in [0, 0.05) is 37.4 Å². The maximum atomic E-state index is 12.0. The topological polar surface area (TPSA) is 77.6 Å². The quantitative estimate of drug-likeness (QED) is 0.755. The third-order valence-electron chi connectivity index (χ3n) is 4.18. The molecule has 2 rings (SSSR count). The summed E-state index contributed by atoms with van der Waals surface area (Å²) in [6, 6.07) is 0. The minimum absolute atomic E-state index is 0.0475. The Morgan fingerprint density at radius 3 is 2.70 bits per heavy atom. The number of nitrogens with one attached hydrogen (secondary N) is 1. The van der Waals surface area contributed by atoms with Crippen molar-refractivity contribution < 1.29 is 4.79 Å². The van der Waals surface area contributed by atoms with E-state index in [0.717, 1.165) is 31.6 Å². The Bertz CT molecular complexity index is 643. The summed E-state index contributed by atoms with van der Waals surface area (Å²) in [5.41, 5.74) is 1.65. The Kier molecular flexibility index (Phi) is 5.52. The largest absolute Gasteiger partial charge is 0.352 e. The second kappa shape index (κ2) is 7.39. The van der Waals surface area contributed by atoms with Crippen molar-refractivity contribution in [2.24, 2.45) is 0 Å². The van der Waals surface area contributed by atoms with Crippen molar-refractivity contribution in [2.45, 2.75) is 59.0 Å². The molecule has 0 unspecified atom stereocenters. The molecule has 23 heavy (non-hydrogen) atoms. The molecule has 1 N–H and O–H groups in total. The van der Waals surface area contributed by atoms with Crippen LogP contribution in [0.5, 0.6) is 0 Å². The number of hydrogen-bond acceptors (Lipinski definition) is 4. The molecule has 126 valence electrons. The molecule has 0 aliphatic carbocycles. The van der Waals surface area contributed by atoms with Crippen LogP contribution in [0.1, 0.15) is 56.6 Å². The van der Waals surface area contributed by atoms with Crippen LogP contribution in [-0.2, 0) is 18.5 Å². The number of carbonyl (C=O) groups is 1. The van der Waals surface area contributed by atoms with E-state index in [1.54, 1.807) is 17.1 Å². The van der Waals surface area contributed by atoms with Gasteiger partial charge in [-0.3, -0.25) is 14.2 Å². The summed E-state index contributed by atoms with van der Waals surface area (Å²) in [6.45, 7) is 10.6. The first-order valence-corrected chi connectivity index (χ1v) is 8.17. The van der Waals surface area contributed by atoms with Gasteiger partial charge in [0.1, 0.15) is 0 Å². The predicted octanol–water partition coefficient (Wildman–Crippen LogP) is 2.00. The Labute approximate surface area is 137 Å². The van der Waals surface area contributed by atoms with Crippen LogP contribution < -0.4 is 5.32 Å². The van der Waals surface area contributed by atoms with Gasteiger partial charge in [-0.15, -0.1) is 5.10 Å². The number of nitrogens with zero attached hydrogens (tertiary/aromatic N) is 5. The van der Waals surface area contributed by atoms with Gasteiger partial charge in [-0.25, -0.2) is 0 Å². The van der Waals surface area contributed by atoms with Crippen LogP contribution in [0.4, 0.5) is 0 Å². The molecule has 7 nitrogen and oxygen atoms in total. The summed E-state index contributed by atoms with van der Waals surface area (Å²) >= 11 is 0. The van der Waals surface area contributed by atoms with E-state index in [1.165, 1.54) is 0 Å². The van der Waals surface area contributed by atoms with Crippen molar-refractivity contribution in [3.63, 3.8) is 0 Å². The lowest BCUT2D eigenvalue weighted by atomic mass is 9.87. The average Bonchev–Trinajstić information content (AvgIpc) is 3.20. The van der Waals surface area contributed by atoms with E-state index in [4.69, 9.17) is 0 Å². The SMILES string of the molecule is CCn1cc(C(=O)NCCCn2cc(C(C)(C)CC)nn2)cn1. The highest BCUT2D eigenvalue weighted by atomic mass is 16.1. The van der Waals surface area contributed by atoms with Crippen molar-refractivity contribution in [1.29, 1.82) is 0 Å². The summed E-state index contributed by atoms with van der Waals surface area (Å²) in [6.07, 6.45) is 7.17. The number of hydrogen-bond donors (Lipinski definition) is 1. The van der Waals surface area contributed by atoms with E-state index >= 15 is 0 Å². The molecule has 0 aromatic carbocycles. The molecule has 0 atom stereocenters. The first kappa shape index (κ1) is 17.2. The smallest absolute Gasteiger partial charge is 0.254 e. The summed E-state index contributed by atoms with van der Waals surface area (Å²) in [4.78, 5) is 12.0. The lowest BCUT2D eigenvalue weighted by Gasteiger charge is -2.18. The fourth-order valence-corrected chi connectivity index (χ4v) is 2.10. The van der Waals surface area contributed by atoms with Crippen LogP contribution in [-0.4, -0.2) is 37.2 Å². The third kappa shape index (κ3) is 4.40. The minimum atomic E-state index is -0.0869. The van der Waals surface area contributed by atoms with Gasteiger partial charge < -0.3 is 5.32 Å². The second-order valence-electron chi connectivity index (χ2n) is 6.30. The fraction of sp³-hybridized carbons (Fsp3) is 0.625. The van der Waals surface area contributed by atoms with E-state index < -0.39 is 0 Å². The molecule has 7 heteroatoms. The molecule has 0 aliphatic rings. The maximum absolute atomic E-state index is 12.0.